The number of hydrogen-bond donors (Lipinski definition) is 0. The standard InChI is InChI=1S/C23H37N3O3S/c1-24-13-8-21(9-14-24)18-26(16-10-20-6-4-3-5-7-20)23(27)11-15-25(2)22-12-17-30(28,29)19-22/h3-7,21-22H,8-19H2,1-2H3/t22-/m1/s1. The van der Waals surface area contributed by atoms with Crippen LogP contribution >= 0.6 is 0 Å². The van der Waals surface area contributed by atoms with E-state index in [2.05, 4.69) is 33.9 Å². The Balaban J connectivity index is 1.54. The maximum atomic E-state index is 13.1. The molecule has 1 aromatic carbocycles. The lowest BCUT2D eigenvalue weighted by Crippen LogP contribution is -2.42. The fraction of sp³-hybridized carbons (Fsp3) is 0.696. The number of carbonyl (C=O) groups excluding carboxylic acids is 1. The molecule has 6 nitrogen and oxygen atoms in total. The minimum Gasteiger partial charge on any atom is -0.342 e. The number of nitrogens with zero attached hydrogens (tertiary/aromatic N) is 3. The van der Waals surface area contributed by atoms with Crippen molar-refractivity contribution < 1.29 is 13.2 Å². The highest BCUT2D eigenvalue weighted by atomic mass is 32.2. The number of rotatable bonds is 9. The summed E-state index contributed by atoms with van der Waals surface area (Å²) in [6.45, 7) is 4.40. The Morgan fingerprint density at radius 1 is 1.10 bits per heavy atom. The maximum Gasteiger partial charge on any atom is 0.223 e. The second kappa shape index (κ2) is 10.7. The van der Waals surface area contributed by atoms with E-state index in [1.165, 1.54) is 5.56 Å². The zero-order valence-electron chi connectivity index (χ0n) is 18.5. The Bertz CT molecular complexity index is 776. The second-order valence-electron chi connectivity index (χ2n) is 9.11. The lowest BCUT2D eigenvalue weighted by atomic mass is 9.96. The summed E-state index contributed by atoms with van der Waals surface area (Å²) < 4.78 is 23.5. The van der Waals surface area contributed by atoms with E-state index >= 15 is 0 Å². The van der Waals surface area contributed by atoms with Gasteiger partial charge in [-0.15, -0.1) is 0 Å². The van der Waals surface area contributed by atoms with Crippen molar-refractivity contribution in [2.75, 3.05) is 58.3 Å². The van der Waals surface area contributed by atoms with Crippen LogP contribution in [-0.2, 0) is 21.1 Å². The van der Waals surface area contributed by atoms with Gasteiger partial charge in [0.2, 0.25) is 5.91 Å². The Labute approximate surface area is 182 Å². The molecule has 0 spiro atoms. The molecule has 30 heavy (non-hydrogen) atoms. The third-order valence-corrected chi connectivity index (χ3v) is 8.44. The van der Waals surface area contributed by atoms with Crippen LogP contribution in [0.4, 0.5) is 0 Å². The molecule has 168 valence electrons. The Morgan fingerprint density at radius 2 is 1.80 bits per heavy atom. The maximum absolute atomic E-state index is 13.1. The van der Waals surface area contributed by atoms with Crippen LogP contribution < -0.4 is 0 Å². The van der Waals surface area contributed by atoms with Crippen LogP contribution in [0, 0.1) is 5.92 Å². The molecule has 1 atom stereocenters. The molecule has 7 heteroatoms. The minimum absolute atomic E-state index is 0.0504. The molecule has 0 unspecified atom stereocenters. The van der Waals surface area contributed by atoms with Gasteiger partial charge in [0.05, 0.1) is 11.5 Å². The van der Waals surface area contributed by atoms with Crippen molar-refractivity contribution in [2.45, 2.75) is 38.1 Å². The van der Waals surface area contributed by atoms with Gasteiger partial charge in [0.25, 0.3) is 0 Å². The van der Waals surface area contributed by atoms with Crippen molar-refractivity contribution in [3.63, 3.8) is 0 Å². The van der Waals surface area contributed by atoms with Crippen molar-refractivity contribution in [1.82, 2.24) is 14.7 Å². The molecule has 3 rings (SSSR count). The molecule has 2 saturated heterocycles. The van der Waals surface area contributed by atoms with E-state index in [0.29, 0.717) is 25.3 Å². The molecule has 0 saturated carbocycles. The quantitative estimate of drug-likeness (QED) is 0.593. The fourth-order valence-corrected chi connectivity index (χ4v) is 6.32. The number of amides is 1. The third kappa shape index (κ3) is 7.06. The summed E-state index contributed by atoms with van der Waals surface area (Å²) in [6.07, 6.45) is 4.29. The van der Waals surface area contributed by atoms with Gasteiger partial charge in [0.1, 0.15) is 0 Å². The normalized spacial score (nSPS) is 22.4. The molecular weight excluding hydrogens is 398 g/mol. The van der Waals surface area contributed by atoms with Crippen LogP contribution in [0.5, 0.6) is 0 Å². The Morgan fingerprint density at radius 3 is 2.43 bits per heavy atom. The SMILES string of the molecule is CN1CCC(CN(CCc2ccccc2)C(=O)CCN(C)[C@@H]2CCS(=O)(=O)C2)CC1. The van der Waals surface area contributed by atoms with E-state index in [9.17, 15) is 13.2 Å². The van der Waals surface area contributed by atoms with Gasteiger partial charge in [-0.3, -0.25) is 4.79 Å². The van der Waals surface area contributed by atoms with E-state index in [1.54, 1.807) is 0 Å². The van der Waals surface area contributed by atoms with E-state index in [-0.39, 0.29) is 23.5 Å². The number of likely N-dealkylation sites (tertiary alicyclic amines) is 1. The molecule has 0 aromatic heterocycles. The van der Waals surface area contributed by atoms with Gasteiger partial charge in [-0.1, -0.05) is 30.3 Å². The summed E-state index contributed by atoms with van der Waals surface area (Å²) in [5.74, 6) is 1.26. The first-order chi connectivity index (χ1) is 14.3. The zero-order chi connectivity index (χ0) is 21.6. The van der Waals surface area contributed by atoms with Gasteiger partial charge < -0.3 is 14.7 Å². The summed E-state index contributed by atoms with van der Waals surface area (Å²) in [5, 5.41) is 0. The lowest BCUT2D eigenvalue weighted by molar-refractivity contribution is -0.132. The molecule has 2 aliphatic rings. The molecule has 0 N–H and O–H groups in total. The van der Waals surface area contributed by atoms with E-state index in [0.717, 1.165) is 45.4 Å². The zero-order valence-corrected chi connectivity index (χ0v) is 19.3. The summed E-state index contributed by atoms with van der Waals surface area (Å²) in [4.78, 5) is 19.6. The lowest BCUT2D eigenvalue weighted by Gasteiger charge is -2.34. The van der Waals surface area contributed by atoms with E-state index in [1.807, 2.05) is 25.2 Å². The first-order valence-electron chi connectivity index (χ1n) is 11.2. The summed E-state index contributed by atoms with van der Waals surface area (Å²) in [6, 6.07) is 10.4. The third-order valence-electron chi connectivity index (χ3n) is 6.69. The molecule has 1 amide bonds. The van der Waals surface area contributed by atoms with Crippen LogP contribution in [0.25, 0.3) is 0 Å². The number of hydrogen-bond acceptors (Lipinski definition) is 5. The van der Waals surface area contributed by atoms with Crippen LogP contribution in [0.15, 0.2) is 30.3 Å². The predicted octanol–water partition coefficient (Wildman–Crippen LogP) is 1.91. The molecule has 0 aliphatic carbocycles. The monoisotopic (exact) mass is 435 g/mol. The Hall–Kier alpha value is -1.44. The predicted molar refractivity (Wildman–Crippen MR) is 121 cm³/mol. The highest BCUT2D eigenvalue weighted by molar-refractivity contribution is 7.91. The first-order valence-corrected chi connectivity index (χ1v) is 13.1. The highest BCUT2D eigenvalue weighted by Crippen LogP contribution is 2.19. The van der Waals surface area contributed by atoms with Gasteiger partial charge in [0.15, 0.2) is 9.84 Å². The van der Waals surface area contributed by atoms with Crippen molar-refractivity contribution in [3.8, 4) is 0 Å². The molecule has 2 fully saturated rings. The average molecular weight is 436 g/mol. The minimum atomic E-state index is -2.90. The Kier molecular flexibility index (Phi) is 8.31. The van der Waals surface area contributed by atoms with Crippen molar-refractivity contribution in [3.05, 3.63) is 35.9 Å². The summed E-state index contributed by atoms with van der Waals surface area (Å²) in [7, 11) is 1.21. The van der Waals surface area contributed by atoms with Gasteiger partial charge >= 0.3 is 0 Å². The number of sulfone groups is 1. The second-order valence-corrected chi connectivity index (χ2v) is 11.3. The van der Waals surface area contributed by atoms with Crippen molar-refractivity contribution in [1.29, 1.82) is 0 Å². The van der Waals surface area contributed by atoms with Crippen LogP contribution in [0.1, 0.15) is 31.2 Å². The van der Waals surface area contributed by atoms with Crippen LogP contribution in [0.2, 0.25) is 0 Å². The van der Waals surface area contributed by atoms with E-state index < -0.39 is 9.84 Å². The van der Waals surface area contributed by atoms with Crippen molar-refractivity contribution >= 4 is 15.7 Å². The summed E-state index contributed by atoms with van der Waals surface area (Å²) in [5.41, 5.74) is 1.26. The number of carbonyl (C=O) groups is 1. The molecule has 1 aromatic rings. The topological polar surface area (TPSA) is 60.9 Å². The molecule has 0 radical (unpaired) electrons. The van der Waals surface area contributed by atoms with Crippen LogP contribution in [-0.4, -0.2) is 93.4 Å². The molecule has 2 heterocycles. The van der Waals surface area contributed by atoms with Gasteiger partial charge in [0, 0.05) is 32.1 Å². The molecular formula is C23H37N3O3S. The van der Waals surface area contributed by atoms with Gasteiger partial charge in [-0.05, 0) is 64.3 Å². The largest absolute Gasteiger partial charge is 0.342 e. The molecule has 2 aliphatic heterocycles. The highest BCUT2D eigenvalue weighted by Gasteiger charge is 2.31. The average Bonchev–Trinajstić information content (AvgIpc) is 3.11. The van der Waals surface area contributed by atoms with Crippen LogP contribution in [0.3, 0.4) is 0 Å². The first kappa shape index (κ1) is 23.2. The van der Waals surface area contributed by atoms with Gasteiger partial charge in [-0.25, -0.2) is 8.42 Å². The molecule has 0 bridgehead atoms. The number of piperidine rings is 1. The van der Waals surface area contributed by atoms with Gasteiger partial charge in [-0.2, -0.15) is 0 Å². The fourth-order valence-electron chi connectivity index (χ4n) is 4.52. The smallest absolute Gasteiger partial charge is 0.223 e. The number of benzene rings is 1. The van der Waals surface area contributed by atoms with Crippen molar-refractivity contribution in [2.24, 2.45) is 5.92 Å². The summed E-state index contributed by atoms with van der Waals surface area (Å²) >= 11 is 0. The van der Waals surface area contributed by atoms with E-state index in [4.69, 9.17) is 0 Å².